The normalized spacial score (nSPS) is 9.94. The van der Waals surface area contributed by atoms with Crippen LogP contribution in [0.3, 0.4) is 0 Å². The number of amides is 1. The van der Waals surface area contributed by atoms with E-state index in [0.29, 0.717) is 11.3 Å². The lowest BCUT2D eigenvalue weighted by atomic mass is 10.2. The van der Waals surface area contributed by atoms with Crippen LogP contribution in [0.1, 0.15) is 10.4 Å². The number of rotatable bonds is 2. The quantitative estimate of drug-likeness (QED) is 0.818. The number of benzene rings is 1. The number of nitrogens with one attached hydrogen (secondary N) is 1. The van der Waals surface area contributed by atoms with Gasteiger partial charge in [0.2, 0.25) is 5.95 Å². The summed E-state index contributed by atoms with van der Waals surface area (Å²) in [7, 11) is 0. The van der Waals surface area contributed by atoms with Crippen LogP contribution >= 0.6 is 15.9 Å². The maximum Gasteiger partial charge on any atom is 0.260 e. The molecule has 0 radical (unpaired) electrons. The van der Waals surface area contributed by atoms with Crippen LogP contribution in [0.2, 0.25) is 0 Å². The third kappa shape index (κ3) is 2.76. The highest BCUT2D eigenvalue weighted by atomic mass is 79.9. The van der Waals surface area contributed by atoms with E-state index in [1.807, 2.05) is 0 Å². The summed E-state index contributed by atoms with van der Waals surface area (Å²) in [6, 6.07) is 5.00. The SMILES string of the molecule is Nc1cc(Br)ccc1C(=O)Nc1nccnn1. The average molecular weight is 294 g/mol. The average Bonchev–Trinajstić information content (AvgIpc) is 2.30. The van der Waals surface area contributed by atoms with Gasteiger partial charge in [0.25, 0.3) is 5.91 Å². The number of nitrogen functional groups attached to an aromatic ring is 1. The van der Waals surface area contributed by atoms with Crippen molar-refractivity contribution in [2.75, 3.05) is 11.1 Å². The van der Waals surface area contributed by atoms with E-state index >= 15 is 0 Å². The van der Waals surface area contributed by atoms with Gasteiger partial charge in [0.15, 0.2) is 0 Å². The van der Waals surface area contributed by atoms with E-state index in [-0.39, 0.29) is 11.9 Å². The highest BCUT2D eigenvalue weighted by Gasteiger charge is 2.11. The number of aromatic nitrogens is 3. The number of anilines is 2. The lowest BCUT2D eigenvalue weighted by Gasteiger charge is -2.05. The Morgan fingerprint density at radius 2 is 2.18 bits per heavy atom. The summed E-state index contributed by atoms with van der Waals surface area (Å²) in [4.78, 5) is 15.7. The molecule has 7 heteroatoms. The van der Waals surface area contributed by atoms with Gasteiger partial charge in [0, 0.05) is 10.2 Å². The molecule has 0 spiro atoms. The monoisotopic (exact) mass is 293 g/mol. The first-order valence-corrected chi connectivity index (χ1v) is 5.46. The van der Waals surface area contributed by atoms with E-state index in [0.717, 1.165) is 4.47 Å². The molecule has 0 saturated heterocycles. The fraction of sp³-hybridized carbons (Fsp3) is 0. The van der Waals surface area contributed by atoms with Crippen molar-refractivity contribution in [2.24, 2.45) is 0 Å². The molecule has 2 rings (SSSR count). The fourth-order valence-corrected chi connectivity index (χ4v) is 1.59. The zero-order valence-corrected chi connectivity index (χ0v) is 10.2. The smallest absolute Gasteiger partial charge is 0.260 e. The molecular formula is C10H8BrN5O. The summed E-state index contributed by atoms with van der Waals surface area (Å²) in [6.07, 6.45) is 2.86. The Labute approximate surface area is 105 Å². The number of hydrogen-bond acceptors (Lipinski definition) is 5. The van der Waals surface area contributed by atoms with Crippen LogP contribution < -0.4 is 11.1 Å². The van der Waals surface area contributed by atoms with Crippen molar-refractivity contribution in [1.82, 2.24) is 15.2 Å². The topological polar surface area (TPSA) is 93.8 Å². The van der Waals surface area contributed by atoms with Crippen molar-refractivity contribution in [3.63, 3.8) is 0 Å². The first kappa shape index (κ1) is 11.5. The third-order valence-electron chi connectivity index (χ3n) is 1.97. The van der Waals surface area contributed by atoms with Crippen LogP contribution in [-0.4, -0.2) is 21.1 Å². The van der Waals surface area contributed by atoms with Gasteiger partial charge in [0.1, 0.15) is 0 Å². The Morgan fingerprint density at radius 3 is 2.82 bits per heavy atom. The van der Waals surface area contributed by atoms with Crippen LogP contribution in [0.15, 0.2) is 35.1 Å². The molecule has 0 aliphatic rings. The molecule has 0 unspecified atom stereocenters. The second-order valence-electron chi connectivity index (χ2n) is 3.15. The Bertz CT molecular complexity index is 546. The highest BCUT2D eigenvalue weighted by Crippen LogP contribution is 2.19. The molecule has 1 aromatic heterocycles. The molecule has 6 nitrogen and oxygen atoms in total. The summed E-state index contributed by atoms with van der Waals surface area (Å²) < 4.78 is 0.809. The van der Waals surface area contributed by atoms with E-state index in [1.165, 1.54) is 12.4 Å². The van der Waals surface area contributed by atoms with Crippen LogP contribution in [-0.2, 0) is 0 Å². The molecule has 1 aromatic carbocycles. The van der Waals surface area contributed by atoms with Gasteiger partial charge < -0.3 is 5.73 Å². The first-order chi connectivity index (χ1) is 8.16. The highest BCUT2D eigenvalue weighted by molar-refractivity contribution is 9.10. The van der Waals surface area contributed by atoms with Gasteiger partial charge in [-0.1, -0.05) is 15.9 Å². The van der Waals surface area contributed by atoms with Gasteiger partial charge in [0.05, 0.1) is 18.0 Å². The van der Waals surface area contributed by atoms with E-state index in [9.17, 15) is 4.79 Å². The molecule has 0 atom stereocenters. The molecule has 0 aliphatic heterocycles. The van der Waals surface area contributed by atoms with E-state index in [4.69, 9.17) is 5.73 Å². The lowest BCUT2D eigenvalue weighted by Crippen LogP contribution is -2.16. The minimum atomic E-state index is -0.372. The van der Waals surface area contributed by atoms with E-state index < -0.39 is 0 Å². The minimum Gasteiger partial charge on any atom is -0.398 e. The van der Waals surface area contributed by atoms with Crippen LogP contribution in [0.4, 0.5) is 11.6 Å². The van der Waals surface area contributed by atoms with Crippen LogP contribution in [0, 0.1) is 0 Å². The van der Waals surface area contributed by atoms with Gasteiger partial charge in [-0.25, -0.2) is 4.98 Å². The number of nitrogens with zero attached hydrogens (tertiary/aromatic N) is 3. The molecule has 0 aliphatic carbocycles. The predicted molar refractivity (Wildman–Crippen MR) is 66.3 cm³/mol. The molecular weight excluding hydrogens is 286 g/mol. The molecule has 1 amide bonds. The molecule has 2 aromatic rings. The Kier molecular flexibility index (Phi) is 3.29. The number of hydrogen-bond donors (Lipinski definition) is 2. The van der Waals surface area contributed by atoms with Crippen molar-refractivity contribution < 1.29 is 4.79 Å². The molecule has 0 fully saturated rings. The summed E-state index contributed by atoms with van der Waals surface area (Å²) in [6.45, 7) is 0. The molecule has 0 bridgehead atoms. The van der Waals surface area contributed by atoms with E-state index in [2.05, 4.69) is 36.4 Å². The number of halogens is 1. The Balaban J connectivity index is 2.21. The van der Waals surface area contributed by atoms with Crippen LogP contribution in [0.25, 0.3) is 0 Å². The molecule has 3 N–H and O–H groups in total. The summed E-state index contributed by atoms with van der Waals surface area (Å²) >= 11 is 3.27. The summed E-state index contributed by atoms with van der Waals surface area (Å²) in [5.41, 5.74) is 6.47. The number of carbonyl (C=O) groups excluding carboxylic acids is 1. The second-order valence-corrected chi connectivity index (χ2v) is 4.07. The van der Waals surface area contributed by atoms with Gasteiger partial charge in [-0.2, -0.15) is 5.10 Å². The first-order valence-electron chi connectivity index (χ1n) is 4.67. The molecule has 17 heavy (non-hydrogen) atoms. The van der Waals surface area contributed by atoms with E-state index in [1.54, 1.807) is 18.2 Å². The van der Waals surface area contributed by atoms with Gasteiger partial charge in [-0.3, -0.25) is 10.1 Å². The number of carbonyl (C=O) groups is 1. The summed E-state index contributed by atoms with van der Waals surface area (Å²) in [5.74, 6) is -0.234. The Morgan fingerprint density at radius 1 is 1.35 bits per heavy atom. The van der Waals surface area contributed by atoms with Crippen molar-refractivity contribution in [3.05, 3.63) is 40.6 Å². The maximum absolute atomic E-state index is 11.8. The maximum atomic E-state index is 11.8. The molecule has 1 heterocycles. The fourth-order valence-electron chi connectivity index (χ4n) is 1.21. The second kappa shape index (κ2) is 4.88. The summed E-state index contributed by atoms with van der Waals surface area (Å²) in [5, 5.41) is 9.75. The lowest BCUT2D eigenvalue weighted by molar-refractivity contribution is 0.102. The minimum absolute atomic E-state index is 0.139. The van der Waals surface area contributed by atoms with Gasteiger partial charge >= 0.3 is 0 Å². The zero-order valence-electron chi connectivity index (χ0n) is 8.59. The van der Waals surface area contributed by atoms with Crippen molar-refractivity contribution >= 4 is 33.5 Å². The third-order valence-corrected chi connectivity index (χ3v) is 2.46. The van der Waals surface area contributed by atoms with Crippen molar-refractivity contribution in [2.45, 2.75) is 0 Å². The molecule has 86 valence electrons. The van der Waals surface area contributed by atoms with Gasteiger partial charge in [-0.05, 0) is 18.2 Å². The van der Waals surface area contributed by atoms with Crippen LogP contribution in [0.5, 0.6) is 0 Å². The Hall–Kier alpha value is -2.02. The van der Waals surface area contributed by atoms with Gasteiger partial charge in [-0.15, -0.1) is 5.10 Å². The standard InChI is InChI=1S/C10H8BrN5O/c11-6-1-2-7(8(12)5-6)9(17)15-10-13-3-4-14-16-10/h1-5H,12H2,(H,13,15,16,17). The largest absolute Gasteiger partial charge is 0.398 e. The van der Waals surface area contributed by atoms with Crippen molar-refractivity contribution in [3.8, 4) is 0 Å². The zero-order chi connectivity index (χ0) is 12.3. The molecule has 0 saturated carbocycles. The predicted octanol–water partition coefficient (Wildman–Crippen LogP) is 1.47. The van der Waals surface area contributed by atoms with Crippen molar-refractivity contribution in [1.29, 1.82) is 0 Å². The number of nitrogens with two attached hydrogens (primary N) is 1.